The van der Waals surface area contributed by atoms with Gasteiger partial charge in [0.15, 0.2) is 0 Å². The van der Waals surface area contributed by atoms with Gasteiger partial charge in [-0.2, -0.15) is 0 Å². The first kappa shape index (κ1) is 25.4. The van der Waals surface area contributed by atoms with E-state index in [0.717, 1.165) is 25.7 Å². The van der Waals surface area contributed by atoms with Crippen molar-refractivity contribution in [1.82, 2.24) is 0 Å². The van der Waals surface area contributed by atoms with Gasteiger partial charge in [0.05, 0.1) is 5.92 Å². The molecule has 0 saturated heterocycles. The van der Waals surface area contributed by atoms with Crippen LogP contribution in [0.15, 0.2) is 0 Å². The second-order valence-corrected chi connectivity index (χ2v) is 8.06. The Hall–Kier alpha value is -0.570. The van der Waals surface area contributed by atoms with Crippen LogP contribution in [0.4, 0.5) is 0 Å². The molecule has 0 rings (SSSR count). The Bertz CT molecular complexity index is 294. The van der Waals surface area contributed by atoms with Gasteiger partial charge in [0.1, 0.15) is 0 Å². The highest BCUT2D eigenvalue weighted by molar-refractivity contribution is 5.69. The van der Waals surface area contributed by atoms with Crippen LogP contribution in [0.25, 0.3) is 0 Å². The quantitative estimate of drug-likeness (QED) is 0.212. The van der Waals surface area contributed by atoms with Crippen LogP contribution in [0.2, 0.25) is 0 Å². The minimum Gasteiger partial charge on any atom is -0.481 e. The molecule has 3 nitrogen and oxygen atoms in total. The highest BCUT2D eigenvalue weighted by Crippen LogP contribution is 2.18. The normalized spacial score (nSPS) is 12.4. The lowest BCUT2D eigenvalue weighted by molar-refractivity contribution is -0.142. The minimum atomic E-state index is -0.639. The smallest absolute Gasteiger partial charge is 0.306 e. The van der Waals surface area contributed by atoms with E-state index in [-0.39, 0.29) is 5.92 Å². The summed E-state index contributed by atoms with van der Waals surface area (Å²) in [6, 6.07) is 0. The van der Waals surface area contributed by atoms with Crippen LogP contribution in [0.5, 0.6) is 0 Å². The molecule has 0 amide bonds. The lowest BCUT2D eigenvalue weighted by atomic mass is 9.95. The molecule has 3 heteroatoms. The van der Waals surface area contributed by atoms with Gasteiger partial charge in [0.25, 0.3) is 0 Å². The summed E-state index contributed by atoms with van der Waals surface area (Å²) in [6.07, 6.45) is 24.1. The minimum absolute atomic E-state index is 0.176. The predicted octanol–water partition coefficient (Wildman–Crippen LogP) is 7.08. The monoisotopic (exact) mass is 369 g/mol. The zero-order valence-electron chi connectivity index (χ0n) is 17.7. The molecule has 0 aliphatic carbocycles. The number of unbranched alkanes of at least 4 members (excludes halogenated alkanes) is 15. The molecule has 0 aromatic carbocycles. The van der Waals surface area contributed by atoms with E-state index >= 15 is 0 Å². The van der Waals surface area contributed by atoms with Gasteiger partial charge in [-0.05, 0) is 25.8 Å². The molecular formula is C23H47NO2. The summed E-state index contributed by atoms with van der Waals surface area (Å²) in [5.74, 6) is -0.815. The molecule has 0 spiro atoms. The van der Waals surface area contributed by atoms with Gasteiger partial charge in [-0.1, -0.05) is 110 Å². The maximum Gasteiger partial charge on any atom is 0.306 e. The first-order chi connectivity index (χ1) is 12.7. The Kier molecular flexibility index (Phi) is 20.3. The molecule has 0 aliphatic rings. The van der Waals surface area contributed by atoms with Gasteiger partial charge in [0, 0.05) is 0 Å². The molecule has 26 heavy (non-hydrogen) atoms. The van der Waals surface area contributed by atoms with Crippen molar-refractivity contribution in [3.63, 3.8) is 0 Å². The third-order valence-corrected chi connectivity index (χ3v) is 5.51. The lowest BCUT2D eigenvalue weighted by Crippen LogP contribution is -2.15. The van der Waals surface area contributed by atoms with Crippen molar-refractivity contribution in [2.24, 2.45) is 11.7 Å². The summed E-state index contributed by atoms with van der Waals surface area (Å²) >= 11 is 0. The molecule has 0 heterocycles. The van der Waals surface area contributed by atoms with Crippen LogP contribution in [0.3, 0.4) is 0 Å². The largest absolute Gasteiger partial charge is 0.481 e. The highest BCUT2D eigenvalue weighted by Gasteiger charge is 2.15. The molecule has 0 radical (unpaired) electrons. The Morgan fingerprint density at radius 1 is 0.654 bits per heavy atom. The zero-order chi connectivity index (χ0) is 19.3. The molecule has 1 unspecified atom stereocenters. The number of hydrogen-bond donors (Lipinski definition) is 2. The standard InChI is InChI=1S/C23H47NO2/c1-2-3-4-5-6-7-8-9-10-11-12-13-14-15-16-17-19-22(23(25)26)20-18-21-24/h22H,2-21,24H2,1H3,(H,25,26). The first-order valence-corrected chi connectivity index (χ1v) is 11.6. The van der Waals surface area contributed by atoms with Crippen molar-refractivity contribution in [1.29, 1.82) is 0 Å². The van der Waals surface area contributed by atoms with E-state index < -0.39 is 5.97 Å². The van der Waals surface area contributed by atoms with Crippen molar-refractivity contribution >= 4 is 5.97 Å². The molecule has 0 bridgehead atoms. The summed E-state index contributed by atoms with van der Waals surface area (Å²) in [5.41, 5.74) is 5.47. The summed E-state index contributed by atoms with van der Waals surface area (Å²) in [5, 5.41) is 9.18. The van der Waals surface area contributed by atoms with E-state index in [0.29, 0.717) is 6.54 Å². The van der Waals surface area contributed by atoms with Gasteiger partial charge < -0.3 is 10.8 Å². The zero-order valence-corrected chi connectivity index (χ0v) is 17.7. The molecule has 156 valence electrons. The van der Waals surface area contributed by atoms with Gasteiger partial charge in [0.2, 0.25) is 0 Å². The molecule has 0 aromatic heterocycles. The fraction of sp³-hybridized carbons (Fsp3) is 0.957. The fourth-order valence-corrected chi connectivity index (χ4v) is 3.69. The number of rotatable bonds is 21. The number of carboxylic acids is 1. The van der Waals surface area contributed by atoms with Crippen molar-refractivity contribution in [3.05, 3.63) is 0 Å². The summed E-state index contributed by atoms with van der Waals surface area (Å²) < 4.78 is 0. The molecule has 0 fully saturated rings. The maximum absolute atomic E-state index is 11.2. The third-order valence-electron chi connectivity index (χ3n) is 5.51. The lowest BCUT2D eigenvalue weighted by Gasteiger charge is -2.11. The summed E-state index contributed by atoms with van der Waals surface area (Å²) in [6.45, 7) is 2.88. The Morgan fingerprint density at radius 3 is 1.35 bits per heavy atom. The third kappa shape index (κ3) is 18.2. The Balaban J connectivity index is 3.22. The van der Waals surface area contributed by atoms with Crippen LogP contribution >= 0.6 is 0 Å². The molecule has 0 saturated carbocycles. The Labute approximate surface area is 163 Å². The fourth-order valence-electron chi connectivity index (χ4n) is 3.69. The number of carboxylic acid groups (broad SMARTS) is 1. The summed E-state index contributed by atoms with van der Waals surface area (Å²) in [7, 11) is 0. The van der Waals surface area contributed by atoms with E-state index in [1.54, 1.807) is 0 Å². The van der Waals surface area contributed by atoms with Gasteiger partial charge in [-0.3, -0.25) is 4.79 Å². The van der Waals surface area contributed by atoms with Crippen LogP contribution in [0.1, 0.15) is 129 Å². The van der Waals surface area contributed by atoms with Crippen LogP contribution < -0.4 is 5.73 Å². The van der Waals surface area contributed by atoms with Crippen LogP contribution in [-0.2, 0) is 4.79 Å². The Morgan fingerprint density at radius 2 is 1.00 bits per heavy atom. The van der Waals surface area contributed by atoms with Gasteiger partial charge >= 0.3 is 5.97 Å². The molecular weight excluding hydrogens is 322 g/mol. The van der Waals surface area contributed by atoms with Crippen molar-refractivity contribution < 1.29 is 9.90 Å². The topological polar surface area (TPSA) is 63.3 Å². The SMILES string of the molecule is CCCCCCCCCCCCCCCCCCC(CCCN)C(=O)O. The predicted molar refractivity (Wildman–Crippen MR) is 114 cm³/mol. The van der Waals surface area contributed by atoms with E-state index in [9.17, 15) is 9.90 Å². The van der Waals surface area contributed by atoms with E-state index in [1.807, 2.05) is 0 Å². The number of aliphatic carboxylic acids is 1. The molecule has 0 aliphatic heterocycles. The molecule has 0 aromatic rings. The van der Waals surface area contributed by atoms with Crippen molar-refractivity contribution in [2.75, 3.05) is 6.54 Å². The molecule has 3 N–H and O–H groups in total. The van der Waals surface area contributed by atoms with Crippen molar-refractivity contribution in [2.45, 2.75) is 129 Å². The van der Waals surface area contributed by atoms with E-state index in [2.05, 4.69) is 6.92 Å². The second-order valence-electron chi connectivity index (χ2n) is 8.06. The van der Waals surface area contributed by atoms with E-state index in [4.69, 9.17) is 5.73 Å². The average Bonchev–Trinajstić information content (AvgIpc) is 2.63. The second kappa shape index (κ2) is 20.7. The van der Waals surface area contributed by atoms with Crippen molar-refractivity contribution in [3.8, 4) is 0 Å². The molecule has 1 atom stereocenters. The average molecular weight is 370 g/mol. The van der Waals surface area contributed by atoms with Crippen LogP contribution in [0, 0.1) is 5.92 Å². The number of nitrogens with two attached hydrogens (primary N) is 1. The van der Waals surface area contributed by atoms with Crippen LogP contribution in [-0.4, -0.2) is 17.6 Å². The van der Waals surface area contributed by atoms with E-state index in [1.165, 1.54) is 96.3 Å². The van der Waals surface area contributed by atoms with Gasteiger partial charge in [-0.15, -0.1) is 0 Å². The number of hydrogen-bond acceptors (Lipinski definition) is 2. The first-order valence-electron chi connectivity index (χ1n) is 11.6. The highest BCUT2D eigenvalue weighted by atomic mass is 16.4. The maximum atomic E-state index is 11.2. The number of carbonyl (C=O) groups is 1. The van der Waals surface area contributed by atoms with Gasteiger partial charge in [-0.25, -0.2) is 0 Å². The summed E-state index contributed by atoms with van der Waals surface area (Å²) in [4.78, 5) is 11.2.